The van der Waals surface area contributed by atoms with Crippen LogP contribution in [0.1, 0.15) is 10.4 Å². The second-order valence-corrected chi connectivity index (χ2v) is 4.08. The van der Waals surface area contributed by atoms with Crippen LogP contribution in [0, 0.1) is 5.82 Å². The van der Waals surface area contributed by atoms with Crippen molar-refractivity contribution in [3.05, 3.63) is 59.5 Å². The molecule has 0 aliphatic carbocycles. The van der Waals surface area contributed by atoms with Crippen molar-refractivity contribution in [2.45, 2.75) is 5.16 Å². The molecule has 0 amide bonds. The lowest BCUT2D eigenvalue weighted by atomic mass is 10.1. The Morgan fingerprint density at radius 3 is 2.76 bits per heavy atom. The summed E-state index contributed by atoms with van der Waals surface area (Å²) in [5, 5.41) is 2.36. The molecule has 0 spiro atoms. The summed E-state index contributed by atoms with van der Waals surface area (Å²) in [4.78, 5) is 18.5. The Hall–Kier alpha value is -1.88. The molecule has 2 aromatic rings. The SMILES string of the molecule is O=C(/C=C/Sc1ncc[nH]1)c1ccc(F)cc1. The molecular formula is C12H9FN2OS. The van der Waals surface area contributed by atoms with Gasteiger partial charge in [-0.15, -0.1) is 0 Å². The number of nitrogens with one attached hydrogen (secondary N) is 1. The fraction of sp³-hybridized carbons (Fsp3) is 0. The van der Waals surface area contributed by atoms with Gasteiger partial charge in [-0.25, -0.2) is 9.37 Å². The molecule has 0 radical (unpaired) electrons. The molecule has 1 aromatic carbocycles. The van der Waals surface area contributed by atoms with Gasteiger partial charge in [0.1, 0.15) is 5.82 Å². The molecule has 0 bridgehead atoms. The second-order valence-electron chi connectivity index (χ2n) is 3.19. The van der Waals surface area contributed by atoms with Gasteiger partial charge >= 0.3 is 0 Å². The first kappa shape index (κ1) is 11.6. The number of carbonyl (C=O) groups is 1. The molecule has 0 aliphatic heterocycles. The first-order chi connectivity index (χ1) is 8.25. The highest BCUT2D eigenvalue weighted by atomic mass is 32.2. The summed E-state index contributed by atoms with van der Waals surface area (Å²) in [5.74, 6) is -0.514. The predicted molar refractivity (Wildman–Crippen MR) is 64.3 cm³/mol. The monoisotopic (exact) mass is 248 g/mol. The number of hydrogen-bond donors (Lipinski definition) is 1. The Bertz CT molecular complexity index is 520. The van der Waals surface area contributed by atoms with Crippen LogP contribution in [0.5, 0.6) is 0 Å². The van der Waals surface area contributed by atoms with Crippen molar-refractivity contribution in [3.8, 4) is 0 Å². The van der Waals surface area contributed by atoms with Gasteiger partial charge in [0.05, 0.1) is 0 Å². The standard InChI is InChI=1S/C12H9FN2OS/c13-10-3-1-9(2-4-10)11(16)5-8-17-12-14-6-7-15-12/h1-8H,(H,14,15)/b8-5+. The first-order valence-corrected chi connectivity index (χ1v) is 5.76. The smallest absolute Gasteiger partial charge is 0.186 e. The fourth-order valence-corrected chi connectivity index (χ4v) is 1.76. The highest BCUT2D eigenvalue weighted by Crippen LogP contribution is 2.13. The average molecular weight is 248 g/mol. The summed E-state index contributed by atoms with van der Waals surface area (Å²) in [6.45, 7) is 0. The quantitative estimate of drug-likeness (QED) is 0.514. The molecule has 17 heavy (non-hydrogen) atoms. The van der Waals surface area contributed by atoms with Crippen LogP contribution >= 0.6 is 11.8 Å². The van der Waals surface area contributed by atoms with Crippen LogP contribution in [0.3, 0.4) is 0 Å². The maximum Gasteiger partial charge on any atom is 0.186 e. The third-order valence-corrected chi connectivity index (χ3v) is 2.72. The van der Waals surface area contributed by atoms with Gasteiger partial charge in [-0.1, -0.05) is 11.8 Å². The number of imidazole rings is 1. The van der Waals surface area contributed by atoms with Crippen LogP contribution in [0.2, 0.25) is 0 Å². The molecule has 3 nitrogen and oxygen atoms in total. The van der Waals surface area contributed by atoms with Crippen LogP contribution in [0.4, 0.5) is 4.39 Å². The number of nitrogens with zero attached hydrogens (tertiary/aromatic N) is 1. The summed E-state index contributed by atoms with van der Waals surface area (Å²) in [5.41, 5.74) is 0.461. The van der Waals surface area contributed by atoms with Crippen molar-refractivity contribution >= 4 is 17.5 Å². The van der Waals surface area contributed by atoms with Gasteiger partial charge in [-0.2, -0.15) is 0 Å². The van der Waals surface area contributed by atoms with Gasteiger partial charge in [0.2, 0.25) is 0 Å². The number of aromatic amines is 1. The highest BCUT2D eigenvalue weighted by Gasteiger charge is 2.01. The minimum atomic E-state index is -0.351. The zero-order valence-electron chi connectivity index (χ0n) is 8.76. The van der Waals surface area contributed by atoms with E-state index in [0.29, 0.717) is 10.7 Å². The van der Waals surface area contributed by atoms with Crippen LogP contribution < -0.4 is 0 Å². The Labute approximate surface area is 102 Å². The van der Waals surface area contributed by atoms with Gasteiger partial charge in [0, 0.05) is 18.0 Å². The van der Waals surface area contributed by atoms with Gasteiger partial charge < -0.3 is 4.98 Å². The number of carbonyl (C=O) groups excluding carboxylic acids is 1. The number of thioether (sulfide) groups is 1. The normalized spacial score (nSPS) is 10.9. The third-order valence-electron chi connectivity index (χ3n) is 2.00. The maximum atomic E-state index is 12.6. The number of aromatic nitrogens is 2. The zero-order chi connectivity index (χ0) is 12.1. The van der Waals surface area contributed by atoms with E-state index in [9.17, 15) is 9.18 Å². The molecule has 5 heteroatoms. The highest BCUT2D eigenvalue weighted by molar-refractivity contribution is 8.02. The number of hydrogen-bond acceptors (Lipinski definition) is 3. The molecule has 0 aliphatic rings. The molecule has 0 fully saturated rings. The van der Waals surface area contributed by atoms with Crippen LogP contribution in [0.25, 0.3) is 0 Å². The van der Waals surface area contributed by atoms with Crippen molar-refractivity contribution in [2.75, 3.05) is 0 Å². The molecule has 0 atom stereocenters. The number of ketones is 1. The van der Waals surface area contributed by atoms with Crippen molar-refractivity contribution < 1.29 is 9.18 Å². The van der Waals surface area contributed by atoms with E-state index >= 15 is 0 Å². The Kier molecular flexibility index (Phi) is 3.72. The molecule has 1 heterocycles. The van der Waals surface area contributed by atoms with Crippen LogP contribution in [-0.2, 0) is 0 Å². The summed E-state index contributed by atoms with van der Waals surface area (Å²) in [6, 6.07) is 5.45. The van der Waals surface area contributed by atoms with E-state index in [1.54, 1.807) is 17.8 Å². The molecule has 86 valence electrons. The van der Waals surface area contributed by atoms with E-state index in [4.69, 9.17) is 0 Å². The largest absolute Gasteiger partial charge is 0.339 e. The summed E-state index contributed by atoms with van der Waals surface area (Å²) < 4.78 is 12.6. The fourth-order valence-electron chi connectivity index (χ4n) is 1.19. The number of H-pyrrole nitrogens is 1. The molecule has 1 N–H and O–H groups in total. The van der Waals surface area contributed by atoms with Gasteiger partial charge in [0.15, 0.2) is 10.9 Å². The average Bonchev–Trinajstić information content (AvgIpc) is 2.83. The molecule has 2 rings (SSSR count). The Morgan fingerprint density at radius 2 is 2.12 bits per heavy atom. The number of allylic oxidation sites excluding steroid dienone is 1. The molecule has 1 aromatic heterocycles. The van der Waals surface area contributed by atoms with E-state index in [0.717, 1.165) is 0 Å². The molecular weight excluding hydrogens is 239 g/mol. The summed E-state index contributed by atoms with van der Waals surface area (Å²) in [7, 11) is 0. The van der Waals surface area contributed by atoms with Gasteiger partial charge in [-0.3, -0.25) is 4.79 Å². The van der Waals surface area contributed by atoms with Crippen LogP contribution in [0.15, 0.2) is 53.3 Å². The van der Waals surface area contributed by atoms with Crippen molar-refractivity contribution in [1.82, 2.24) is 9.97 Å². The van der Waals surface area contributed by atoms with Crippen molar-refractivity contribution in [1.29, 1.82) is 0 Å². The maximum absolute atomic E-state index is 12.6. The number of rotatable bonds is 4. The minimum absolute atomic E-state index is 0.163. The Morgan fingerprint density at radius 1 is 1.35 bits per heavy atom. The molecule has 0 saturated carbocycles. The lowest BCUT2D eigenvalue weighted by molar-refractivity contribution is 0.104. The topological polar surface area (TPSA) is 45.8 Å². The van der Waals surface area contributed by atoms with E-state index in [1.807, 2.05) is 0 Å². The molecule has 0 saturated heterocycles. The third kappa shape index (κ3) is 3.29. The second kappa shape index (κ2) is 5.45. The van der Waals surface area contributed by atoms with Crippen molar-refractivity contribution in [3.63, 3.8) is 0 Å². The number of benzene rings is 1. The summed E-state index contributed by atoms with van der Waals surface area (Å²) in [6.07, 6.45) is 4.77. The lowest BCUT2D eigenvalue weighted by Crippen LogP contribution is -1.93. The number of halogens is 1. The molecule has 0 unspecified atom stereocenters. The first-order valence-electron chi connectivity index (χ1n) is 4.88. The lowest BCUT2D eigenvalue weighted by Gasteiger charge is -1.94. The predicted octanol–water partition coefficient (Wildman–Crippen LogP) is 3.04. The van der Waals surface area contributed by atoms with E-state index < -0.39 is 0 Å². The minimum Gasteiger partial charge on any atom is -0.339 e. The van der Waals surface area contributed by atoms with Crippen molar-refractivity contribution in [2.24, 2.45) is 0 Å². The summed E-state index contributed by atoms with van der Waals surface area (Å²) >= 11 is 1.31. The zero-order valence-corrected chi connectivity index (χ0v) is 9.58. The van der Waals surface area contributed by atoms with Crippen LogP contribution in [-0.4, -0.2) is 15.8 Å². The Balaban J connectivity index is 1.97. The van der Waals surface area contributed by atoms with Gasteiger partial charge in [0.25, 0.3) is 0 Å². The van der Waals surface area contributed by atoms with Gasteiger partial charge in [-0.05, 0) is 35.7 Å². The van der Waals surface area contributed by atoms with E-state index in [1.165, 1.54) is 42.1 Å². The van der Waals surface area contributed by atoms with E-state index in [-0.39, 0.29) is 11.6 Å². The van der Waals surface area contributed by atoms with E-state index in [2.05, 4.69) is 9.97 Å².